The highest BCUT2D eigenvalue weighted by atomic mass is 16.7. The first-order valence-electron chi connectivity index (χ1n) is 9.69. The van der Waals surface area contributed by atoms with Gasteiger partial charge in [-0.25, -0.2) is 4.79 Å². The number of likely N-dealkylation sites (N-methyl/N-ethyl adjacent to an activating group) is 1. The molecule has 0 spiro atoms. The molecule has 3 aromatic carbocycles. The van der Waals surface area contributed by atoms with Crippen LogP contribution in [-0.4, -0.2) is 35.5 Å². The van der Waals surface area contributed by atoms with Gasteiger partial charge in [-0.3, -0.25) is 4.90 Å². The maximum absolute atomic E-state index is 13.2. The smallest absolute Gasteiger partial charge is 0.328 e. The first-order valence-corrected chi connectivity index (χ1v) is 9.69. The largest absolute Gasteiger partial charge is 0.366 e. The van der Waals surface area contributed by atoms with Crippen LogP contribution in [0.3, 0.4) is 0 Å². The van der Waals surface area contributed by atoms with Gasteiger partial charge in [-0.2, -0.15) is 5.26 Å². The highest BCUT2D eigenvalue weighted by Gasteiger charge is 2.53. The number of carbonyl (C=O) groups is 1. The van der Waals surface area contributed by atoms with Crippen LogP contribution in [0.15, 0.2) is 78.0 Å². The van der Waals surface area contributed by atoms with Crippen LogP contribution in [0, 0.1) is 11.3 Å². The van der Waals surface area contributed by atoms with Crippen LogP contribution < -0.4 is 4.90 Å². The second kappa shape index (κ2) is 7.53. The van der Waals surface area contributed by atoms with E-state index in [9.17, 15) is 10.1 Å². The molecule has 150 valence electrons. The molecule has 1 heterocycles. The summed E-state index contributed by atoms with van der Waals surface area (Å²) in [7, 11) is 1.75. The fourth-order valence-corrected chi connectivity index (χ4v) is 3.65. The first-order chi connectivity index (χ1) is 14.4. The number of nitriles is 1. The van der Waals surface area contributed by atoms with Gasteiger partial charge in [0.15, 0.2) is 5.71 Å². The third kappa shape index (κ3) is 3.15. The zero-order valence-electron chi connectivity index (χ0n) is 17.1. The number of anilines is 1. The molecule has 30 heavy (non-hydrogen) atoms. The van der Waals surface area contributed by atoms with Gasteiger partial charge in [0.2, 0.25) is 6.23 Å². The van der Waals surface area contributed by atoms with Gasteiger partial charge in [-0.05, 0) is 25.3 Å². The summed E-state index contributed by atoms with van der Waals surface area (Å²) in [6, 6.07) is 24.7. The summed E-state index contributed by atoms with van der Waals surface area (Å²) in [6.07, 6.45) is -0.715. The minimum atomic E-state index is -0.715. The number of urea groups is 1. The highest BCUT2D eigenvalue weighted by molar-refractivity contribution is 6.11. The summed E-state index contributed by atoms with van der Waals surface area (Å²) < 4.78 is 0. The molecule has 1 saturated heterocycles. The van der Waals surface area contributed by atoms with Crippen LogP contribution in [0.5, 0.6) is 0 Å². The third-order valence-corrected chi connectivity index (χ3v) is 5.62. The Hall–Kier alpha value is -3.85. The number of carbonyl (C=O) groups excluding carboxylic acids is 1. The molecule has 0 radical (unpaired) electrons. The lowest BCUT2D eigenvalue weighted by atomic mass is 10.0. The number of hydrogen-bond acceptors (Lipinski definition) is 4. The third-order valence-electron chi connectivity index (χ3n) is 5.62. The lowest BCUT2D eigenvalue weighted by Gasteiger charge is -2.31. The lowest BCUT2D eigenvalue weighted by molar-refractivity contribution is 0.000966. The van der Waals surface area contributed by atoms with Gasteiger partial charge in [-0.1, -0.05) is 71.9 Å². The Balaban J connectivity index is 1.78. The molecule has 0 bridgehead atoms. The molecule has 1 aliphatic heterocycles. The molecule has 1 aliphatic rings. The van der Waals surface area contributed by atoms with Crippen molar-refractivity contribution in [3.05, 3.63) is 78.4 Å². The number of benzene rings is 3. The Morgan fingerprint density at radius 2 is 1.70 bits per heavy atom. The zero-order valence-corrected chi connectivity index (χ0v) is 17.1. The van der Waals surface area contributed by atoms with E-state index in [-0.39, 0.29) is 11.7 Å². The molecule has 4 rings (SSSR count). The molecule has 0 aromatic heterocycles. The zero-order chi connectivity index (χ0) is 21.3. The monoisotopic (exact) mass is 398 g/mol. The number of amides is 2. The standard InChI is InChI=1S/C24H22N4O2/c1-24(2)22(30-26-20(16-25)18-11-5-4-6-12-18)28(23(29)27(24)3)21-15-9-13-17-10-7-8-14-19(17)21/h4-15,22H,1-3H3/b26-20-. The summed E-state index contributed by atoms with van der Waals surface area (Å²) in [4.78, 5) is 22.4. The van der Waals surface area contributed by atoms with E-state index >= 15 is 0 Å². The first kappa shape index (κ1) is 19.5. The Morgan fingerprint density at radius 1 is 1.03 bits per heavy atom. The van der Waals surface area contributed by atoms with Gasteiger partial charge in [-0.15, -0.1) is 0 Å². The number of nitrogens with zero attached hydrogens (tertiary/aromatic N) is 4. The molecule has 0 saturated carbocycles. The summed E-state index contributed by atoms with van der Waals surface area (Å²) in [6.45, 7) is 3.84. The van der Waals surface area contributed by atoms with Gasteiger partial charge >= 0.3 is 6.03 Å². The average Bonchev–Trinajstić information content (AvgIpc) is 2.94. The summed E-state index contributed by atoms with van der Waals surface area (Å²) in [5, 5.41) is 15.7. The number of hydrogen-bond donors (Lipinski definition) is 0. The maximum Gasteiger partial charge on any atom is 0.328 e. The van der Waals surface area contributed by atoms with E-state index in [2.05, 4.69) is 11.2 Å². The molecule has 2 amide bonds. The Bertz CT molecular complexity index is 1160. The van der Waals surface area contributed by atoms with Gasteiger partial charge < -0.3 is 9.74 Å². The fraction of sp³-hybridized carbons (Fsp3) is 0.208. The Kier molecular flexibility index (Phi) is 4.88. The predicted octanol–water partition coefficient (Wildman–Crippen LogP) is 4.76. The topological polar surface area (TPSA) is 68.9 Å². The van der Waals surface area contributed by atoms with Crippen molar-refractivity contribution in [3.63, 3.8) is 0 Å². The molecule has 1 atom stereocenters. The number of rotatable bonds is 4. The minimum absolute atomic E-state index is 0.159. The molecule has 1 fully saturated rings. The van der Waals surface area contributed by atoms with Crippen molar-refractivity contribution in [1.29, 1.82) is 5.26 Å². The van der Waals surface area contributed by atoms with E-state index in [4.69, 9.17) is 4.84 Å². The normalized spacial score (nSPS) is 18.5. The van der Waals surface area contributed by atoms with E-state index in [0.717, 1.165) is 16.5 Å². The van der Waals surface area contributed by atoms with Gasteiger partial charge in [0.25, 0.3) is 0 Å². The molecule has 0 N–H and O–H groups in total. The second-order valence-corrected chi connectivity index (χ2v) is 7.74. The minimum Gasteiger partial charge on any atom is -0.366 e. The van der Waals surface area contributed by atoms with Gasteiger partial charge in [0.1, 0.15) is 6.07 Å². The van der Waals surface area contributed by atoms with Gasteiger partial charge in [0.05, 0.1) is 11.2 Å². The summed E-state index contributed by atoms with van der Waals surface area (Å²) in [5.74, 6) is 0. The number of oxime groups is 1. The summed E-state index contributed by atoms with van der Waals surface area (Å²) >= 11 is 0. The van der Waals surface area contributed by atoms with E-state index < -0.39 is 11.8 Å². The molecule has 6 nitrogen and oxygen atoms in total. The van der Waals surface area contributed by atoms with Crippen LogP contribution in [0.4, 0.5) is 10.5 Å². The van der Waals surface area contributed by atoms with Crippen molar-refractivity contribution in [2.24, 2.45) is 5.16 Å². The lowest BCUT2D eigenvalue weighted by Crippen LogP contribution is -2.46. The van der Waals surface area contributed by atoms with Crippen LogP contribution in [-0.2, 0) is 4.84 Å². The van der Waals surface area contributed by atoms with Crippen molar-refractivity contribution < 1.29 is 9.63 Å². The number of fused-ring (bicyclic) bond motifs is 1. The van der Waals surface area contributed by atoms with Crippen LogP contribution in [0.1, 0.15) is 19.4 Å². The Labute approximate surface area is 175 Å². The molecule has 3 aromatic rings. The van der Waals surface area contributed by atoms with Crippen molar-refractivity contribution in [1.82, 2.24) is 4.90 Å². The van der Waals surface area contributed by atoms with Crippen LogP contribution >= 0.6 is 0 Å². The Morgan fingerprint density at radius 3 is 2.43 bits per heavy atom. The van der Waals surface area contributed by atoms with Crippen LogP contribution in [0.2, 0.25) is 0 Å². The van der Waals surface area contributed by atoms with Crippen molar-refractivity contribution >= 4 is 28.2 Å². The molecule has 0 aliphatic carbocycles. The van der Waals surface area contributed by atoms with E-state index in [1.54, 1.807) is 29.0 Å². The van der Waals surface area contributed by atoms with E-state index in [1.165, 1.54) is 0 Å². The predicted molar refractivity (Wildman–Crippen MR) is 117 cm³/mol. The summed E-state index contributed by atoms with van der Waals surface area (Å²) in [5.41, 5.74) is 0.891. The van der Waals surface area contributed by atoms with Gasteiger partial charge in [0, 0.05) is 18.0 Å². The van der Waals surface area contributed by atoms with Crippen molar-refractivity contribution in [2.45, 2.75) is 25.6 Å². The van der Waals surface area contributed by atoms with Crippen molar-refractivity contribution in [2.75, 3.05) is 11.9 Å². The quantitative estimate of drug-likeness (QED) is 0.470. The second-order valence-electron chi connectivity index (χ2n) is 7.74. The fourth-order valence-electron chi connectivity index (χ4n) is 3.65. The molecule has 6 heteroatoms. The van der Waals surface area contributed by atoms with Crippen LogP contribution in [0.25, 0.3) is 10.8 Å². The maximum atomic E-state index is 13.2. The van der Waals surface area contributed by atoms with E-state index in [0.29, 0.717) is 5.56 Å². The molecular weight excluding hydrogens is 376 g/mol. The van der Waals surface area contributed by atoms with Crippen molar-refractivity contribution in [3.8, 4) is 6.07 Å². The van der Waals surface area contributed by atoms with E-state index in [1.807, 2.05) is 74.5 Å². The molecular formula is C24H22N4O2. The highest BCUT2D eigenvalue weighted by Crippen LogP contribution is 2.39. The molecule has 1 unspecified atom stereocenters. The average molecular weight is 398 g/mol. The SMILES string of the molecule is CN1C(=O)N(c2cccc3ccccc23)C(O/N=C(/C#N)c2ccccc2)C1(C)C.